The van der Waals surface area contributed by atoms with Crippen molar-refractivity contribution < 1.29 is 0 Å². The van der Waals surface area contributed by atoms with Crippen LogP contribution in [0.2, 0.25) is 5.02 Å². The molecule has 0 amide bonds. The Kier molecular flexibility index (Phi) is 4.93. The smallest absolute Gasteiger partial charge is 0.287 e. The SMILES string of the molecule is C=CCn1ncc(NC2CCC(SC)C2)c(Cl)c1=O. The molecule has 2 atom stereocenters. The number of aromatic nitrogens is 2. The van der Waals surface area contributed by atoms with Gasteiger partial charge in [0, 0.05) is 11.3 Å². The van der Waals surface area contributed by atoms with Crippen LogP contribution in [0.4, 0.5) is 5.69 Å². The molecule has 0 radical (unpaired) electrons. The third-order valence-electron chi connectivity index (χ3n) is 3.36. The largest absolute Gasteiger partial charge is 0.380 e. The molecule has 1 aromatic heterocycles. The van der Waals surface area contributed by atoms with Crippen LogP contribution < -0.4 is 10.9 Å². The second kappa shape index (κ2) is 6.48. The number of anilines is 1. The molecule has 2 rings (SSSR count). The van der Waals surface area contributed by atoms with Crippen LogP contribution in [0.25, 0.3) is 0 Å². The molecule has 1 aromatic rings. The van der Waals surface area contributed by atoms with Gasteiger partial charge in [0.25, 0.3) is 5.56 Å². The van der Waals surface area contributed by atoms with Gasteiger partial charge in [-0.25, -0.2) is 4.68 Å². The van der Waals surface area contributed by atoms with E-state index >= 15 is 0 Å². The van der Waals surface area contributed by atoms with Gasteiger partial charge in [0.1, 0.15) is 5.02 Å². The highest BCUT2D eigenvalue weighted by Gasteiger charge is 2.24. The third-order valence-corrected chi connectivity index (χ3v) is 4.82. The van der Waals surface area contributed by atoms with Crippen LogP contribution in [0.3, 0.4) is 0 Å². The number of halogens is 1. The van der Waals surface area contributed by atoms with E-state index in [1.807, 2.05) is 11.8 Å². The molecule has 4 nitrogen and oxygen atoms in total. The second-order valence-corrected chi connectivity index (χ2v) is 6.18. The first kappa shape index (κ1) is 14.5. The minimum atomic E-state index is -0.272. The quantitative estimate of drug-likeness (QED) is 0.849. The van der Waals surface area contributed by atoms with Gasteiger partial charge in [-0.15, -0.1) is 6.58 Å². The molecule has 0 aromatic carbocycles. The Morgan fingerprint density at radius 1 is 1.68 bits per heavy atom. The van der Waals surface area contributed by atoms with E-state index < -0.39 is 0 Å². The van der Waals surface area contributed by atoms with Gasteiger partial charge >= 0.3 is 0 Å². The number of allylic oxidation sites excluding steroid dienone is 1. The zero-order chi connectivity index (χ0) is 13.8. The minimum absolute atomic E-state index is 0.212. The third kappa shape index (κ3) is 3.34. The first-order valence-electron chi connectivity index (χ1n) is 6.31. The summed E-state index contributed by atoms with van der Waals surface area (Å²) in [7, 11) is 0. The summed E-state index contributed by atoms with van der Waals surface area (Å²) in [5.74, 6) is 0. The number of hydrogen-bond acceptors (Lipinski definition) is 4. The lowest BCUT2D eigenvalue weighted by Gasteiger charge is -2.15. The highest BCUT2D eigenvalue weighted by Crippen LogP contribution is 2.31. The zero-order valence-corrected chi connectivity index (χ0v) is 12.5. The maximum Gasteiger partial charge on any atom is 0.287 e. The Bertz CT molecular complexity index is 517. The van der Waals surface area contributed by atoms with Gasteiger partial charge in [-0.3, -0.25) is 4.79 Å². The van der Waals surface area contributed by atoms with Crippen LogP contribution >= 0.6 is 23.4 Å². The Morgan fingerprint density at radius 2 is 2.47 bits per heavy atom. The van der Waals surface area contributed by atoms with E-state index in [0.29, 0.717) is 23.5 Å². The molecule has 0 aliphatic heterocycles. The Hall–Kier alpha value is -0.940. The van der Waals surface area contributed by atoms with Crippen LogP contribution in [0, 0.1) is 0 Å². The number of nitrogens with one attached hydrogen (secondary N) is 1. The fraction of sp³-hybridized carbons (Fsp3) is 0.538. The molecule has 1 heterocycles. The van der Waals surface area contributed by atoms with Gasteiger partial charge in [0.15, 0.2) is 0 Å². The summed E-state index contributed by atoms with van der Waals surface area (Å²) in [6.45, 7) is 3.96. The molecule has 1 N–H and O–H groups in total. The number of hydrogen-bond donors (Lipinski definition) is 1. The Balaban J connectivity index is 2.11. The van der Waals surface area contributed by atoms with Crippen molar-refractivity contribution in [2.45, 2.75) is 37.1 Å². The van der Waals surface area contributed by atoms with E-state index in [1.54, 1.807) is 12.3 Å². The highest BCUT2D eigenvalue weighted by atomic mass is 35.5. The van der Waals surface area contributed by atoms with Gasteiger partial charge in [-0.1, -0.05) is 17.7 Å². The Morgan fingerprint density at radius 3 is 3.11 bits per heavy atom. The van der Waals surface area contributed by atoms with Crippen LogP contribution in [-0.4, -0.2) is 27.3 Å². The minimum Gasteiger partial charge on any atom is -0.380 e. The van der Waals surface area contributed by atoms with Crippen LogP contribution in [0.1, 0.15) is 19.3 Å². The van der Waals surface area contributed by atoms with Crippen LogP contribution in [-0.2, 0) is 6.54 Å². The van der Waals surface area contributed by atoms with Crippen molar-refractivity contribution >= 4 is 29.1 Å². The average molecular weight is 300 g/mol. The summed E-state index contributed by atoms with van der Waals surface area (Å²) >= 11 is 8.01. The maximum absolute atomic E-state index is 12.0. The average Bonchev–Trinajstić information content (AvgIpc) is 2.86. The molecular weight excluding hydrogens is 282 g/mol. The van der Waals surface area contributed by atoms with Gasteiger partial charge in [0.05, 0.1) is 18.4 Å². The van der Waals surface area contributed by atoms with Crippen LogP contribution in [0.5, 0.6) is 0 Å². The van der Waals surface area contributed by atoms with Gasteiger partial charge in [0.2, 0.25) is 0 Å². The molecule has 19 heavy (non-hydrogen) atoms. The van der Waals surface area contributed by atoms with E-state index in [4.69, 9.17) is 11.6 Å². The molecule has 1 aliphatic carbocycles. The summed E-state index contributed by atoms with van der Waals surface area (Å²) in [6, 6.07) is 0.381. The predicted octanol–water partition coefficient (Wildman–Crippen LogP) is 2.78. The molecular formula is C13H18ClN3OS. The summed E-state index contributed by atoms with van der Waals surface area (Å²) in [4.78, 5) is 12.0. The van der Waals surface area contributed by atoms with Crippen molar-refractivity contribution in [2.24, 2.45) is 0 Å². The maximum atomic E-state index is 12.0. The molecule has 1 fully saturated rings. The molecule has 1 saturated carbocycles. The standard InChI is InChI=1S/C13H18ClN3OS/c1-3-6-17-13(18)12(14)11(8-15-17)16-9-4-5-10(7-9)19-2/h3,8-10,16H,1,4-7H2,2H3. The lowest BCUT2D eigenvalue weighted by Crippen LogP contribution is -2.25. The predicted molar refractivity (Wildman–Crippen MR) is 82.3 cm³/mol. The van der Waals surface area contributed by atoms with Crippen molar-refractivity contribution in [3.8, 4) is 0 Å². The second-order valence-electron chi connectivity index (χ2n) is 4.66. The normalized spacial score (nSPS) is 22.4. The Labute approximate surface area is 122 Å². The zero-order valence-electron chi connectivity index (χ0n) is 10.9. The molecule has 1 aliphatic rings. The highest BCUT2D eigenvalue weighted by molar-refractivity contribution is 7.99. The summed E-state index contributed by atoms with van der Waals surface area (Å²) in [6.07, 6.45) is 8.80. The summed E-state index contributed by atoms with van der Waals surface area (Å²) < 4.78 is 1.31. The van der Waals surface area contributed by atoms with Crippen molar-refractivity contribution in [3.63, 3.8) is 0 Å². The first-order chi connectivity index (χ1) is 9.15. The van der Waals surface area contributed by atoms with E-state index in [-0.39, 0.29) is 10.6 Å². The fourth-order valence-corrected chi connectivity index (χ4v) is 3.32. The molecule has 104 valence electrons. The summed E-state index contributed by atoms with van der Waals surface area (Å²) in [5, 5.41) is 8.34. The number of rotatable bonds is 5. The molecule has 0 spiro atoms. The fourth-order valence-electron chi connectivity index (χ4n) is 2.32. The number of nitrogens with zero attached hydrogens (tertiary/aromatic N) is 2. The van der Waals surface area contributed by atoms with E-state index in [9.17, 15) is 4.79 Å². The molecule has 0 bridgehead atoms. The van der Waals surface area contributed by atoms with E-state index in [0.717, 1.165) is 12.8 Å². The van der Waals surface area contributed by atoms with Crippen molar-refractivity contribution in [1.82, 2.24) is 9.78 Å². The molecule has 2 unspecified atom stereocenters. The first-order valence-corrected chi connectivity index (χ1v) is 7.98. The summed E-state index contributed by atoms with van der Waals surface area (Å²) in [5.41, 5.74) is 0.365. The lowest BCUT2D eigenvalue weighted by atomic mass is 10.2. The van der Waals surface area contributed by atoms with Gasteiger partial charge < -0.3 is 5.32 Å². The van der Waals surface area contributed by atoms with Crippen molar-refractivity contribution in [1.29, 1.82) is 0 Å². The van der Waals surface area contributed by atoms with Crippen molar-refractivity contribution in [3.05, 3.63) is 34.2 Å². The van der Waals surface area contributed by atoms with E-state index in [2.05, 4.69) is 23.3 Å². The topological polar surface area (TPSA) is 46.9 Å². The van der Waals surface area contributed by atoms with Crippen molar-refractivity contribution in [2.75, 3.05) is 11.6 Å². The van der Waals surface area contributed by atoms with E-state index in [1.165, 1.54) is 11.1 Å². The monoisotopic (exact) mass is 299 g/mol. The molecule has 6 heteroatoms. The number of thioether (sulfide) groups is 1. The van der Waals surface area contributed by atoms with Gasteiger partial charge in [-0.05, 0) is 25.5 Å². The lowest BCUT2D eigenvalue weighted by molar-refractivity contribution is 0.650. The molecule has 0 saturated heterocycles. The van der Waals surface area contributed by atoms with Gasteiger partial charge in [-0.2, -0.15) is 16.9 Å². The van der Waals surface area contributed by atoms with Crippen LogP contribution in [0.15, 0.2) is 23.6 Å².